The third-order valence-corrected chi connectivity index (χ3v) is 6.10. The van der Waals surface area contributed by atoms with Crippen molar-refractivity contribution in [3.63, 3.8) is 0 Å². The van der Waals surface area contributed by atoms with E-state index in [-0.39, 0.29) is 10.7 Å². The highest BCUT2D eigenvalue weighted by Gasteiger charge is 2.30. The molecule has 8 nitrogen and oxygen atoms in total. The molecule has 0 saturated carbocycles. The summed E-state index contributed by atoms with van der Waals surface area (Å²) in [5.41, 5.74) is -1.33. The van der Waals surface area contributed by atoms with Crippen LogP contribution in [0.2, 0.25) is 5.15 Å². The first-order valence-electron chi connectivity index (χ1n) is 7.95. The zero-order valence-electron chi connectivity index (χ0n) is 14.8. The molecule has 0 aromatic carbocycles. The molecule has 0 aliphatic carbocycles. The van der Waals surface area contributed by atoms with Gasteiger partial charge in [-0.2, -0.15) is 4.39 Å². The molecule has 3 aromatic heterocycles. The summed E-state index contributed by atoms with van der Waals surface area (Å²) in [6, 6.07) is 4.95. The molecule has 0 aliphatic heterocycles. The number of pyridine rings is 2. The average molecular weight is 443 g/mol. The van der Waals surface area contributed by atoms with Crippen molar-refractivity contribution >= 4 is 27.7 Å². The Hall–Kier alpha value is -3.05. The molecule has 3 aromatic rings. The first-order valence-corrected chi connectivity index (χ1v) is 9.77. The quantitative estimate of drug-likeness (QED) is 0.608. The second-order valence-corrected chi connectivity index (χ2v) is 8.03. The highest BCUT2D eigenvalue weighted by atomic mass is 35.5. The summed E-state index contributed by atoms with van der Waals surface area (Å²) >= 11 is 5.89. The predicted octanol–water partition coefficient (Wildman–Crippen LogP) is 3.22. The highest BCUT2D eigenvalue weighted by Crippen LogP contribution is 2.33. The van der Waals surface area contributed by atoms with Crippen LogP contribution in [-0.2, 0) is 16.6 Å². The van der Waals surface area contributed by atoms with Crippen LogP contribution in [0.25, 0.3) is 11.3 Å². The minimum absolute atomic E-state index is 0.281. The Morgan fingerprint density at radius 3 is 2.52 bits per heavy atom. The Morgan fingerprint density at radius 1 is 1.24 bits per heavy atom. The third-order valence-electron chi connectivity index (χ3n) is 3.99. The smallest absolute Gasteiger partial charge is 0.407 e. The fourth-order valence-corrected chi connectivity index (χ4v) is 4.43. The van der Waals surface area contributed by atoms with E-state index in [4.69, 9.17) is 16.7 Å². The molecule has 1 amide bonds. The Morgan fingerprint density at radius 2 is 1.90 bits per heavy atom. The predicted molar refractivity (Wildman–Crippen MR) is 98.9 cm³/mol. The largest absolute Gasteiger partial charge is 0.465 e. The number of carboxylic acid groups (broad SMARTS) is 1. The van der Waals surface area contributed by atoms with Gasteiger partial charge in [0.05, 0.1) is 12.1 Å². The van der Waals surface area contributed by atoms with E-state index >= 15 is 4.39 Å². The lowest BCUT2D eigenvalue weighted by Gasteiger charge is -2.11. The fraction of sp³-hybridized carbons (Fsp3) is 0.118. The van der Waals surface area contributed by atoms with Gasteiger partial charge >= 0.3 is 6.09 Å². The number of rotatable bonds is 5. The van der Waals surface area contributed by atoms with Crippen LogP contribution in [-0.4, -0.2) is 45.5 Å². The zero-order chi connectivity index (χ0) is 21.3. The van der Waals surface area contributed by atoms with Gasteiger partial charge in [-0.3, -0.25) is 0 Å². The topological polar surface area (TPSA) is 105 Å². The van der Waals surface area contributed by atoms with Gasteiger partial charge in [-0.1, -0.05) is 11.6 Å². The normalized spacial score (nSPS) is 11.4. The number of aromatic nitrogens is 3. The SMILES string of the molecule is CN(Cc1cn(S(=O)(=O)c2cccnc2Cl)c(-c2cccnc2F)c1F)C(=O)O. The Labute approximate surface area is 169 Å². The maximum absolute atomic E-state index is 15.2. The van der Waals surface area contributed by atoms with E-state index in [1.54, 1.807) is 0 Å². The van der Waals surface area contributed by atoms with Crippen molar-refractivity contribution in [3.8, 4) is 11.3 Å². The van der Waals surface area contributed by atoms with E-state index in [1.807, 2.05) is 0 Å². The van der Waals surface area contributed by atoms with Crippen molar-refractivity contribution in [3.05, 3.63) is 65.3 Å². The van der Waals surface area contributed by atoms with Gasteiger partial charge in [-0.15, -0.1) is 0 Å². The second kappa shape index (κ2) is 7.76. The summed E-state index contributed by atoms with van der Waals surface area (Å²) < 4.78 is 56.3. The van der Waals surface area contributed by atoms with Crippen LogP contribution in [0.1, 0.15) is 5.56 Å². The van der Waals surface area contributed by atoms with Crippen LogP contribution >= 0.6 is 11.6 Å². The van der Waals surface area contributed by atoms with Gasteiger partial charge in [-0.05, 0) is 24.3 Å². The van der Waals surface area contributed by atoms with Crippen molar-refractivity contribution in [1.82, 2.24) is 18.8 Å². The van der Waals surface area contributed by atoms with Gasteiger partial charge in [0.2, 0.25) is 5.95 Å². The van der Waals surface area contributed by atoms with Gasteiger partial charge in [0.25, 0.3) is 10.0 Å². The highest BCUT2D eigenvalue weighted by molar-refractivity contribution is 7.90. The fourth-order valence-electron chi connectivity index (χ4n) is 2.60. The molecule has 0 aliphatic rings. The maximum atomic E-state index is 15.2. The lowest BCUT2D eigenvalue weighted by Crippen LogP contribution is -2.24. The molecule has 0 saturated heterocycles. The molecule has 0 spiro atoms. The molecule has 3 heterocycles. The van der Waals surface area contributed by atoms with Crippen LogP contribution in [0.3, 0.4) is 0 Å². The van der Waals surface area contributed by atoms with Crippen LogP contribution in [0.5, 0.6) is 0 Å². The van der Waals surface area contributed by atoms with Crippen molar-refractivity contribution in [2.24, 2.45) is 0 Å². The summed E-state index contributed by atoms with van der Waals surface area (Å²) in [4.78, 5) is 18.5. The maximum Gasteiger partial charge on any atom is 0.407 e. The molecule has 0 bridgehead atoms. The molecule has 0 atom stereocenters. The van der Waals surface area contributed by atoms with E-state index in [0.717, 1.165) is 29.4 Å². The van der Waals surface area contributed by atoms with Crippen LogP contribution in [0.15, 0.2) is 47.8 Å². The number of nitrogens with zero attached hydrogens (tertiary/aromatic N) is 4. The Balaban J connectivity index is 2.30. The first-order chi connectivity index (χ1) is 13.6. The van der Waals surface area contributed by atoms with Crippen molar-refractivity contribution in [1.29, 1.82) is 0 Å². The number of amides is 1. The molecule has 152 valence electrons. The van der Waals surface area contributed by atoms with Crippen molar-refractivity contribution in [2.75, 3.05) is 7.05 Å². The molecular weight excluding hydrogens is 430 g/mol. The van der Waals surface area contributed by atoms with Gasteiger partial charge in [0, 0.05) is 31.2 Å². The summed E-state index contributed by atoms with van der Waals surface area (Å²) in [6.07, 6.45) is 1.92. The van der Waals surface area contributed by atoms with E-state index in [0.29, 0.717) is 3.97 Å². The van der Waals surface area contributed by atoms with Gasteiger partial charge in [0.15, 0.2) is 5.82 Å². The molecule has 12 heteroatoms. The summed E-state index contributed by atoms with van der Waals surface area (Å²) in [5.74, 6) is -2.20. The summed E-state index contributed by atoms with van der Waals surface area (Å²) in [5, 5.41) is 8.67. The van der Waals surface area contributed by atoms with E-state index in [9.17, 15) is 17.6 Å². The summed E-state index contributed by atoms with van der Waals surface area (Å²) in [7, 11) is -3.32. The standard InChI is InChI=1S/C17H13ClF2N4O4S/c1-23(17(25)26)8-10-9-24(29(27,28)12-5-3-6-21-15(12)18)14(13(10)19)11-4-2-7-22-16(11)20/h2-7,9H,8H2,1H3,(H,25,26). The molecule has 29 heavy (non-hydrogen) atoms. The number of carbonyl (C=O) groups is 1. The monoisotopic (exact) mass is 442 g/mol. The summed E-state index contributed by atoms with van der Waals surface area (Å²) in [6.45, 7) is -0.473. The third kappa shape index (κ3) is 3.78. The number of halogens is 3. The Kier molecular flexibility index (Phi) is 5.53. The lowest BCUT2D eigenvalue weighted by molar-refractivity contribution is 0.153. The van der Waals surface area contributed by atoms with Gasteiger partial charge < -0.3 is 10.0 Å². The van der Waals surface area contributed by atoms with Crippen LogP contribution in [0.4, 0.5) is 13.6 Å². The van der Waals surface area contributed by atoms with Gasteiger partial charge in [-0.25, -0.2) is 31.5 Å². The van der Waals surface area contributed by atoms with Gasteiger partial charge in [0.1, 0.15) is 15.7 Å². The molecule has 0 fully saturated rings. The lowest BCUT2D eigenvalue weighted by atomic mass is 10.2. The second-order valence-electron chi connectivity index (χ2n) is 5.89. The Bertz CT molecular complexity index is 1200. The van der Waals surface area contributed by atoms with Crippen molar-refractivity contribution in [2.45, 2.75) is 11.4 Å². The minimum Gasteiger partial charge on any atom is -0.465 e. The van der Waals surface area contributed by atoms with E-state index in [2.05, 4.69) is 9.97 Å². The number of hydrogen-bond acceptors (Lipinski definition) is 5. The molecule has 0 unspecified atom stereocenters. The van der Waals surface area contributed by atoms with E-state index < -0.39 is 50.6 Å². The first kappa shape index (κ1) is 20.7. The molecule has 0 radical (unpaired) electrons. The average Bonchev–Trinajstić information content (AvgIpc) is 2.99. The molecular formula is C17H13ClF2N4O4S. The zero-order valence-corrected chi connectivity index (χ0v) is 16.3. The molecule has 1 N–H and O–H groups in total. The van der Waals surface area contributed by atoms with E-state index in [1.165, 1.54) is 25.4 Å². The van der Waals surface area contributed by atoms with Crippen LogP contribution in [0, 0.1) is 11.8 Å². The minimum atomic E-state index is -4.50. The van der Waals surface area contributed by atoms with Crippen molar-refractivity contribution < 1.29 is 27.1 Å². The number of hydrogen-bond donors (Lipinski definition) is 1. The van der Waals surface area contributed by atoms with Crippen LogP contribution < -0.4 is 0 Å². The molecule has 3 rings (SSSR count).